The summed E-state index contributed by atoms with van der Waals surface area (Å²) in [5, 5.41) is 9.55. The molecule has 3 aromatic rings. The number of carbonyl (C=O) groups is 1. The van der Waals surface area contributed by atoms with E-state index in [2.05, 4.69) is 38.5 Å². The number of benzene rings is 1. The van der Waals surface area contributed by atoms with Gasteiger partial charge in [-0.3, -0.25) is 4.79 Å². The summed E-state index contributed by atoms with van der Waals surface area (Å²) < 4.78 is 2.90. The summed E-state index contributed by atoms with van der Waals surface area (Å²) in [4.78, 5) is 13.4. The third kappa shape index (κ3) is 2.72. The maximum Gasteiger partial charge on any atom is 0.226 e. The lowest BCUT2D eigenvalue weighted by molar-refractivity contribution is -0.116. The molecular weight excluding hydrogens is 374 g/mol. The highest BCUT2D eigenvalue weighted by Gasteiger charge is 2.30. The van der Waals surface area contributed by atoms with E-state index in [9.17, 15) is 4.79 Å². The van der Waals surface area contributed by atoms with Gasteiger partial charge in [-0.1, -0.05) is 40.2 Å². The van der Waals surface area contributed by atoms with Gasteiger partial charge >= 0.3 is 0 Å². The van der Waals surface area contributed by atoms with E-state index in [0.29, 0.717) is 13.0 Å². The van der Waals surface area contributed by atoms with Crippen LogP contribution in [0.15, 0.2) is 52.4 Å². The Morgan fingerprint density at radius 1 is 1.26 bits per heavy atom. The van der Waals surface area contributed by atoms with E-state index in [1.54, 1.807) is 11.3 Å². The van der Waals surface area contributed by atoms with Crippen LogP contribution < -0.4 is 5.32 Å². The first-order chi connectivity index (χ1) is 11.2. The number of hydrogen-bond donors (Lipinski definition) is 1. The van der Waals surface area contributed by atoms with E-state index in [1.807, 2.05) is 40.5 Å². The smallest absolute Gasteiger partial charge is 0.226 e. The van der Waals surface area contributed by atoms with E-state index in [4.69, 9.17) is 0 Å². The molecule has 0 aliphatic carbocycles. The molecule has 6 heteroatoms. The molecule has 1 atom stereocenters. The molecule has 0 saturated heterocycles. The summed E-state index contributed by atoms with van der Waals surface area (Å²) in [7, 11) is 0. The molecule has 0 radical (unpaired) electrons. The molecule has 4 nitrogen and oxygen atoms in total. The lowest BCUT2D eigenvalue weighted by atomic mass is 9.87. The standard InChI is InChI=1S/C17H14BrN3OS/c18-15-6-2-1-5-12(15)13-8-16(22)20-17-14(13)9-19-21(17)10-11-4-3-7-23-11/h1-7,9,13H,8,10H2,(H,20,22)/t13-/m0/s1. The lowest BCUT2D eigenvalue weighted by Gasteiger charge is -2.24. The molecule has 1 aliphatic rings. The Bertz CT molecular complexity index is 857. The molecule has 1 aromatic carbocycles. The molecule has 2 aromatic heterocycles. The monoisotopic (exact) mass is 387 g/mol. The zero-order valence-corrected chi connectivity index (χ0v) is 14.6. The van der Waals surface area contributed by atoms with Gasteiger partial charge in [-0.2, -0.15) is 5.10 Å². The fraction of sp³-hybridized carbons (Fsp3) is 0.176. The van der Waals surface area contributed by atoms with Gasteiger partial charge in [-0.25, -0.2) is 4.68 Å². The molecule has 1 aliphatic heterocycles. The fourth-order valence-electron chi connectivity index (χ4n) is 2.98. The SMILES string of the molecule is O=C1C[C@@H](c2ccccc2Br)c2cnn(Cc3cccs3)c2N1. The van der Waals surface area contributed by atoms with Crippen molar-refractivity contribution in [2.24, 2.45) is 0 Å². The largest absolute Gasteiger partial charge is 0.311 e. The second-order valence-corrected chi connectivity index (χ2v) is 7.40. The van der Waals surface area contributed by atoms with Crippen LogP contribution in [0.4, 0.5) is 5.82 Å². The Hall–Kier alpha value is -1.92. The van der Waals surface area contributed by atoms with Crippen LogP contribution >= 0.6 is 27.3 Å². The van der Waals surface area contributed by atoms with Gasteiger partial charge in [0.05, 0.1) is 12.7 Å². The molecule has 0 unspecified atom stereocenters. The van der Waals surface area contributed by atoms with Crippen molar-refractivity contribution >= 4 is 39.0 Å². The van der Waals surface area contributed by atoms with E-state index < -0.39 is 0 Å². The Morgan fingerprint density at radius 2 is 2.13 bits per heavy atom. The van der Waals surface area contributed by atoms with E-state index >= 15 is 0 Å². The Kier molecular flexibility index (Phi) is 3.79. The van der Waals surface area contributed by atoms with Crippen LogP contribution in [0.1, 0.15) is 28.3 Å². The number of rotatable bonds is 3. The van der Waals surface area contributed by atoms with Gasteiger partial charge in [0.15, 0.2) is 0 Å². The molecule has 3 heterocycles. The average molecular weight is 388 g/mol. The van der Waals surface area contributed by atoms with Crippen LogP contribution in [-0.4, -0.2) is 15.7 Å². The molecule has 116 valence electrons. The normalized spacial score (nSPS) is 16.9. The minimum atomic E-state index is 0.0335. The van der Waals surface area contributed by atoms with Crippen molar-refractivity contribution in [1.29, 1.82) is 0 Å². The number of nitrogens with one attached hydrogen (secondary N) is 1. The van der Waals surface area contributed by atoms with Crippen molar-refractivity contribution in [3.8, 4) is 0 Å². The maximum atomic E-state index is 12.2. The second-order valence-electron chi connectivity index (χ2n) is 5.51. The summed E-state index contributed by atoms with van der Waals surface area (Å²) in [6.07, 6.45) is 2.33. The Balaban J connectivity index is 1.75. The molecule has 23 heavy (non-hydrogen) atoms. The van der Waals surface area contributed by atoms with Crippen molar-refractivity contribution in [1.82, 2.24) is 9.78 Å². The topological polar surface area (TPSA) is 46.9 Å². The number of anilines is 1. The van der Waals surface area contributed by atoms with E-state index in [1.165, 1.54) is 4.88 Å². The van der Waals surface area contributed by atoms with Crippen LogP contribution in [0.3, 0.4) is 0 Å². The van der Waals surface area contributed by atoms with Gasteiger partial charge in [0.25, 0.3) is 0 Å². The van der Waals surface area contributed by atoms with Crippen molar-refractivity contribution in [2.75, 3.05) is 5.32 Å². The zero-order chi connectivity index (χ0) is 15.8. The molecule has 1 amide bonds. The Morgan fingerprint density at radius 3 is 2.91 bits per heavy atom. The van der Waals surface area contributed by atoms with Gasteiger partial charge in [-0.15, -0.1) is 11.3 Å². The predicted molar refractivity (Wildman–Crippen MR) is 94.9 cm³/mol. The number of fused-ring (bicyclic) bond motifs is 1. The number of nitrogens with zero attached hydrogens (tertiary/aromatic N) is 2. The number of carbonyl (C=O) groups excluding carboxylic acids is 1. The van der Waals surface area contributed by atoms with E-state index in [0.717, 1.165) is 21.4 Å². The first-order valence-electron chi connectivity index (χ1n) is 7.35. The summed E-state index contributed by atoms with van der Waals surface area (Å²) in [5.74, 6) is 0.882. The minimum Gasteiger partial charge on any atom is -0.311 e. The molecule has 0 saturated carbocycles. The summed E-state index contributed by atoms with van der Waals surface area (Å²) in [6, 6.07) is 12.2. The first kappa shape index (κ1) is 14.7. The number of thiophene rings is 1. The van der Waals surface area contributed by atoms with Gasteiger partial charge in [-0.05, 0) is 23.1 Å². The average Bonchev–Trinajstić information content (AvgIpc) is 3.18. The molecule has 0 fully saturated rings. The summed E-state index contributed by atoms with van der Waals surface area (Å²) >= 11 is 5.29. The van der Waals surface area contributed by atoms with Crippen LogP contribution in [0.5, 0.6) is 0 Å². The second kappa shape index (κ2) is 5.94. The van der Waals surface area contributed by atoms with Crippen molar-refractivity contribution in [2.45, 2.75) is 18.9 Å². The zero-order valence-electron chi connectivity index (χ0n) is 12.2. The van der Waals surface area contributed by atoms with Gasteiger partial charge in [0, 0.05) is 27.3 Å². The number of hydrogen-bond acceptors (Lipinski definition) is 3. The highest BCUT2D eigenvalue weighted by atomic mass is 79.9. The minimum absolute atomic E-state index is 0.0335. The number of amides is 1. The van der Waals surface area contributed by atoms with Gasteiger partial charge in [0.2, 0.25) is 5.91 Å². The maximum absolute atomic E-state index is 12.2. The van der Waals surface area contributed by atoms with Crippen molar-refractivity contribution in [3.63, 3.8) is 0 Å². The Labute approximate surface area is 146 Å². The molecule has 4 rings (SSSR count). The highest BCUT2D eigenvalue weighted by Crippen LogP contribution is 2.39. The van der Waals surface area contributed by atoms with Crippen LogP contribution in [-0.2, 0) is 11.3 Å². The molecular formula is C17H14BrN3OS. The number of aromatic nitrogens is 2. The highest BCUT2D eigenvalue weighted by molar-refractivity contribution is 9.10. The van der Waals surface area contributed by atoms with Crippen molar-refractivity contribution in [3.05, 3.63) is 68.5 Å². The molecule has 0 spiro atoms. The van der Waals surface area contributed by atoms with Crippen molar-refractivity contribution < 1.29 is 4.79 Å². The first-order valence-corrected chi connectivity index (χ1v) is 9.02. The lowest BCUT2D eigenvalue weighted by Crippen LogP contribution is -2.25. The number of halogens is 1. The molecule has 1 N–H and O–H groups in total. The van der Waals surface area contributed by atoms with E-state index in [-0.39, 0.29) is 11.8 Å². The quantitative estimate of drug-likeness (QED) is 0.730. The van der Waals surface area contributed by atoms with Crippen LogP contribution in [0.25, 0.3) is 0 Å². The fourth-order valence-corrected chi connectivity index (χ4v) is 4.22. The molecule has 0 bridgehead atoms. The van der Waals surface area contributed by atoms with Crippen LogP contribution in [0.2, 0.25) is 0 Å². The third-order valence-electron chi connectivity index (χ3n) is 4.06. The third-order valence-corrected chi connectivity index (χ3v) is 5.64. The van der Waals surface area contributed by atoms with Crippen LogP contribution in [0, 0.1) is 0 Å². The summed E-state index contributed by atoms with van der Waals surface area (Å²) in [5.41, 5.74) is 2.20. The van der Waals surface area contributed by atoms with Gasteiger partial charge < -0.3 is 5.32 Å². The predicted octanol–water partition coefficient (Wildman–Crippen LogP) is 4.23. The summed E-state index contributed by atoms with van der Waals surface area (Å²) in [6.45, 7) is 0.677. The van der Waals surface area contributed by atoms with Gasteiger partial charge in [0.1, 0.15) is 5.82 Å².